The van der Waals surface area contributed by atoms with Gasteiger partial charge in [0.15, 0.2) is 0 Å². The lowest BCUT2D eigenvalue weighted by atomic mass is 10.1. The predicted molar refractivity (Wildman–Crippen MR) is 57.1 cm³/mol. The molecule has 0 bridgehead atoms. The molecule has 0 radical (unpaired) electrons. The van der Waals surface area contributed by atoms with E-state index in [1.54, 1.807) is 5.41 Å². The van der Waals surface area contributed by atoms with E-state index in [4.69, 9.17) is 0 Å². The standard InChI is InChI=1S/C9H10S2/c1-7-2-4-8(5-3-7)9(11)6-10/h2-6,10-11H,1H3. The zero-order valence-electron chi connectivity index (χ0n) is 6.28. The molecule has 0 amide bonds. The van der Waals surface area contributed by atoms with Gasteiger partial charge in [0.25, 0.3) is 0 Å². The third-order valence-corrected chi connectivity index (χ3v) is 2.32. The maximum Gasteiger partial charge on any atom is 0.0173 e. The van der Waals surface area contributed by atoms with Gasteiger partial charge in [-0.2, -0.15) is 12.6 Å². The van der Waals surface area contributed by atoms with Crippen LogP contribution in [0.1, 0.15) is 11.1 Å². The molecule has 0 nitrogen and oxygen atoms in total. The highest BCUT2D eigenvalue weighted by Crippen LogP contribution is 2.18. The van der Waals surface area contributed by atoms with Gasteiger partial charge in [0.1, 0.15) is 0 Å². The normalized spacial score (nSPS) is 11.7. The largest absolute Gasteiger partial charge is 0.150 e. The van der Waals surface area contributed by atoms with E-state index in [-0.39, 0.29) is 0 Å². The SMILES string of the molecule is Cc1ccc(C(S)=CS)cc1. The molecule has 1 aromatic rings. The van der Waals surface area contributed by atoms with Gasteiger partial charge in [-0.3, -0.25) is 0 Å². The highest BCUT2D eigenvalue weighted by Gasteiger charge is 1.92. The van der Waals surface area contributed by atoms with Gasteiger partial charge >= 0.3 is 0 Å². The fraction of sp³-hybridized carbons (Fsp3) is 0.111. The van der Waals surface area contributed by atoms with Crippen molar-refractivity contribution in [2.45, 2.75) is 6.92 Å². The van der Waals surface area contributed by atoms with Gasteiger partial charge in [0.05, 0.1) is 0 Å². The first-order chi connectivity index (χ1) is 5.24. The molecule has 0 unspecified atom stereocenters. The van der Waals surface area contributed by atoms with Crippen molar-refractivity contribution in [2.24, 2.45) is 0 Å². The molecule has 2 heteroatoms. The first-order valence-electron chi connectivity index (χ1n) is 3.34. The molecular formula is C9H10S2. The third-order valence-electron chi connectivity index (χ3n) is 1.47. The molecule has 0 aromatic heterocycles. The summed E-state index contributed by atoms with van der Waals surface area (Å²) < 4.78 is 0. The molecule has 58 valence electrons. The van der Waals surface area contributed by atoms with Crippen LogP contribution in [0.25, 0.3) is 4.91 Å². The first-order valence-corrected chi connectivity index (χ1v) is 4.31. The van der Waals surface area contributed by atoms with Crippen molar-refractivity contribution >= 4 is 30.2 Å². The summed E-state index contributed by atoms with van der Waals surface area (Å²) >= 11 is 8.25. The van der Waals surface area contributed by atoms with Crippen LogP contribution in [0.3, 0.4) is 0 Å². The molecule has 0 saturated heterocycles. The van der Waals surface area contributed by atoms with Crippen LogP contribution in [-0.2, 0) is 0 Å². The lowest BCUT2D eigenvalue weighted by molar-refractivity contribution is 1.46. The summed E-state index contributed by atoms with van der Waals surface area (Å²) in [5.74, 6) is 0. The van der Waals surface area contributed by atoms with Gasteiger partial charge in [0.2, 0.25) is 0 Å². The van der Waals surface area contributed by atoms with Crippen molar-refractivity contribution in [2.75, 3.05) is 0 Å². The minimum absolute atomic E-state index is 0.897. The second kappa shape index (κ2) is 3.88. The lowest BCUT2D eigenvalue weighted by Crippen LogP contribution is -1.76. The number of thiol groups is 2. The van der Waals surface area contributed by atoms with Crippen molar-refractivity contribution < 1.29 is 0 Å². The van der Waals surface area contributed by atoms with Crippen LogP contribution < -0.4 is 0 Å². The van der Waals surface area contributed by atoms with Gasteiger partial charge in [-0.05, 0) is 17.9 Å². The minimum Gasteiger partial charge on any atom is -0.150 e. The maximum atomic E-state index is 4.24. The quantitative estimate of drug-likeness (QED) is 0.612. The molecule has 0 N–H and O–H groups in total. The summed E-state index contributed by atoms with van der Waals surface area (Å²) in [6, 6.07) is 8.18. The molecule has 0 spiro atoms. The van der Waals surface area contributed by atoms with Crippen LogP contribution in [-0.4, -0.2) is 0 Å². The van der Waals surface area contributed by atoms with Crippen molar-refractivity contribution in [1.82, 2.24) is 0 Å². The van der Waals surface area contributed by atoms with E-state index in [2.05, 4.69) is 44.3 Å². The number of hydrogen-bond donors (Lipinski definition) is 2. The van der Waals surface area contributed by atoms with E-state index in [1.165, 1.54) is 5.56 Å². The molecule has 0 saturated carbocycles. The highest BCUT2D eigenvalue weighted by atomic mass is 32.1. The van der Waals surface area contributed by atoms with Crippen LogP contribution in [0.2, 0.25) is 0 Å². The second-order valence-corrected chi connectivity index (χ2v) is 3.12. The minimum atomic E-state index is 0.897. The van der Waals surface area contributed by atoms with Crippen LogP contribution in [0.5, 0.6) is 0 Å². The molecule has 11 heavy (non-hydrogen) atoms. The Morgan fingerprint density at radius 3 is 2.27 bits per heavy atom. The summed E-state index contributed by atoms with van der Waals surface area (Å²) in [6.07, 6.45) is 0. The van der Waals surface area contributed by atoms with Gasteiger partial charge in [-0.1, -0.05) is 29.8 Å². The van der Waals surface area contributed by atoms with Gasteiger partial charge in [0, 0.05) is 4.91 Å². The Kier molecular flexibility index (Phi) is 3.09. The number of aryl methyl sites for hydroxylation is 1. The molecule has 0 atom stereocenters. The molecule has 0 aliphatic carbocycles. The zero-order valence-corrected chi connectivity index (χ0v) is 8.07. The number of hydrogen-bond acceptors (Lipinski definition) is 2. The third kappa shape index (κ3) is 2.31. The molecule has 1 rings (SSSR count). The summed E-state index contributed by atoms with van der Waals surface area (Å²) in [5.41, 5.74) is 2.36. The second-order valence-electron chi connectivity index (χ2n) is 2.38. The van der Waals surface area contributed by atoms with E-state index < -0.39 is 0 Å². The van der Waals surface area contributed by atoms with Gasteiger partial charge < -0.3 is 0 Å². The molecule has 0 heterocycles. The molecule has 0 aliphatic heterocycles. The molecule has 0 aliphatic rings. The van der Waals surface area contributed by atoms with Crippen molar-refractivity contribution in [3.8, 4) is 0 Å². The topological polar surface area (TPSA) is 0 Å². The fourth-order valence-corrected chi connectivity index (χ4v) is 1.10. The van der Waals surface area contributed by atoms with E-state index in [0.29, 0.717) is 0 Å². The van der Waals surface area contributed by atoms with Crippen LogP contribution in [0, 0.1) is 6.92 Å². The summed E-state index contributed by atoms with van der Waals surface area (Å²) in [5, 5.41) is 1.69. The van der Waals surface area contributed by atoms with Crippen molar-refractivity contribution in [3.05, 3.63) is 40.8 Å². The smallest absolute Gasteiger partial charge is 0.0173 e. The van der Waals surface area contributed by atoms with E-state index in [9.17, 15) is 0 Å². The Morgan fingerprint density at radius 1 is 1.27 bits per heavy atom. The summed E-state index contributed by atoms with van der Waals surface area (Å²) in [7, 11) is 0. The first kappa shape index (κ1) is 8.75. The average molecular weight is 182 g/mol. The Labute approximate surface area is 78.1 Å². The van der Waals surface area contributed by atoms with Crippen LogP contribution in [0.15, 0.2) is 29.7 Å². The van der Waals surface area contributed by atoms with Crippen molar-refractivity contribution in [1.29, 1.82) is 0 Å². The van der Waals surface area contributed by atoms with E-state index in [1.807, 2.05) is 12.1 Å². The zero-order chi connectivity index (χ0) is 8.27. The molecular weight excluding hydrogens is 172 g/mol. The summed E-state index contributed by atoms with van der Waals surface area (Å²) in [6.45, 7) is 2.06. The van der Waals surface area contributed by atoms with Gasteiger partial charge in [-0.25, -0.2) is 0 Å². The Morgan fingerprint density at radius 2 is 1.82 bits per heavy atom. The van der Waals surface area contributed by atoms with Crippen LogP contribution >= 0.6 is 25.3 Å². The highest BCUT2D eigenvalue weighted by molar-refractivity contribution is 7.92. The molecule has 0 fully saturated rings. The van der Waals surface area contributed by atoms with E-state index >= 15 is 0 Å². The molecule has 1 aromatic carbocycles. The van der Waals surface area contributed by atoms with Crippen LogP contribution in [0.4, 0.5) is 0 Å². The fourth-order valence-electron chi connectivity index (χ4n) is 0.799. The van der Waals surface area contributed by atoms with Gasteiger partial charge in [-0.15, -0.1) is 12.6 Å². The monoisotopic (exact) mass is 182 g/mol. The number of rotatable bonds is 1. The average Bonchev–Trinajstić information content (AvgIpc) is 2.05. The van der Waals surface area contributed by atoms with Crippen molar-refractivity contribution in [3.63, 3.8) is 0 Å². The Hall–Kier alpha value is -0.340. The Balaban J connectivity index is 2.99. The lowest BCUT2D eigenvalue weighted by Gasteiger charge is -1.98. The Bertz CT molecular complexity index is 259. The predicted octanol–water partition coefficient (Wildman–Crippen LogP) is 3.15. The maximum absolute atomic E-state index is 4.24. The number of benzene rings is 1. The van der Waals surface area contributed by atoms with E-state index in [0.717, 1.165) is 10.5 Å². The summed E-state index contributed by atoms with van der Waals surface area (Å²) in [4.78, 5) is 0.897.